The highest BCUT2D eigenvalue weighted by Crippen LogP contribution is 2.40. The fraction of sp³-hybridized carbons (Fsp3) is 0.143. The maximum absolute atomic E-state index is 13.2. The molecule has 0 saturated carbocycles. The van der Waals surface area contributed by atoms with Crippen LogP contribution in [-0.2, 0) is 14.8 Å². The molecule has 4 rings (SSSR count). The van der Waals surface area contributed by atoms with Gasteiger partial charge in [-0.1, -0.05) is 12.1 Å². The van der Waals surface area contributed by atoms with E-state index >= 15 is 0 Å². The number of hydrogen-bond acceptors (Lipinski definition) is 8. The van der Waals surface area contributed by atoms with Gasteiger partial charge in [-0.2, -0.15) is 0 Å². The number of carbonyl (C=O) groups is 2. The molecule has 12 heteroatoms. The van der Waals surface area contributed by atoms with Gasteiger partial charge in [-0.05, 0) is 67.1 Å². The maximum atomic E-state index is 13.2. The third-order valence-electron chi connectivity index (χ3n) is 5.70. The Labute approximate surface area is 234 Å². The van der Waals surface area contributed by atoms with Crippen LogP contribution in [0.2, 0.25) is 0 Å². The Morgan fingerprint density at radius 1 is 0.950 bits per heavy atom. The van der Waals surface area contributed by atoms with Gasteiger partial charge in [0.15, 0.2) is 11.5 Å². The lowest BCUT2D eigenvalue weighted by Crippen LogP contribution is -2.17. The first kappa shape index (κ1) is 28.6. The highest BCUT2D eigenvalue weighted by Gasteiger charge is 2.24. The van der Waals surface area contributed by atoms with E-state index < -0.39 is 27.7 Å². The van der Waals surface area contributed by atoms with Crippen LogP contribution in [0.4, 0.5) is 15.1 Å². The van der Waals surface area contributed by atoms with Crippen LogP contribution in [0.5, 0.6) is 11.5 Å². The number of methoxy groups -OCH3 is 2. The van der Waals surface area contributed by atoms with E-state index in [2.05, 4.69) is 10.0 Å². The van der Waals surface area contributed by atoms with Crippen molar-refractivity contribution in [2.45, 2.75) is 11.8 Å². The predicted molar refractivity (Wildman–Crippen MR) is 150 cm³/mol. The van der Waals surface area contributed by atoms with Crippen LogP contribution >= 0.6 is 11.3 Å². The molecule has 1 aromatic heterocycles. The molecule has 0 atom stereocenters. The molecule has 1 amide bonds. The molecule has 2 N–H and O–H groups in total. The van der Waals surface area contributed by atoms with Gasteiger partial charge in [0, 0.05) is 22.2 Å². The summed E-state index contributed by atoms with van der Waals surface area (Å²) >= 11 is 1.12. The second kappa shape index (κ2) is 12.2. The summed E-state index contributed by atoms with van der Waals surface area (Å²) in [5, 5.41) is 4.64. The number of esters is 1. The monoisotopic (exact) mass is 584 g/mol. The molecular formula is C28H25FN2O7S2. The molecule has 1 heterocycles. The molecule has 0 fully saturated rings. The highest BCUT2D eigenvalue weighted by molar-refractivity contribution is 7.92. The molecule has 0 aliphatic heterocycles. The predicted octanol–water partition coefficient (Wildman–Crippen LogP) is 5.80. The van der Waals surface area contributed by atoms with Gasteiger partial charge in [-0.25, -0.2) is 17.6 Å². The van der Waals surface area contributed by atoms with Crippen LogP contribution in [0.1, 0.15) is 27.6 Å². The third-order valence-corrected chi connectivity index (χ3v) is 7.97. The van der Waals surface area contributed by atoms with Crippen molar-refractivity contribution in [3.8, 4) is 22.6 Å². The fourth-order valence-electron chi connectivity index (χ4n) is 3.78. The first-order valence-corrected chi connectivity index (χ1v) is 14.2. The van der Waals surface area contributed by atoms with Crippen LogP contribution in [0.25, 0.3) is 11.1 Å². The van der Waals surface area contributed by atoms with Gasteiger partial charge in [0.2, 0.25) is 0 Å². The molecule has 40 heavy (non-hydrogen) atoms. The van der Waals surface area contributed by atoms with Gasteiger partial charge < -0.3 is 19.5 Å². The van der Waals surface area contributed by atoms with Crippen LogP contribution in [0.3, 0.4) is 0 Å². The number of nitrogens with one attached hydrogen (secondary N) is 2. The van der Waals surface area contributed by atoms with Crippen LogP contribution in [-0.4, -0.2) is 41.1 Å². The number of hydrogen-bond donors (Lipinski definition) is 2. The second-order valence-electron chi connectivity index (χ2n) is 8.24. The Balaban J connectivity index is 1.64. The number of amides is 1. The maximum Gasteiger partial charge on any atom is 0.341 e. The number of thiophene rings is 1. The summed E-state index contributed by atoms with van der Waals surface area (Å²) in [5.74, 6) is -0.810. The minimum atomic E-state index is -4.07. The van der Waals surface area contributed by atoms with Gasteiger partial charge in [0.05, 0.1) is 25.7 Å². The molecule has 0 bridgehead atoms. The normalized spacial score (nSPS) is 11.0. The largest absolute Gasteiger partial charge is 0.493 e. The number of sulfonamides is 1. The van der Waals surface area contributed by atoms with E-state index in [0.29, 0.717) is 22.6 Å². The first-order valence-electron chi connectivity index (χ1n) is 11.9. The molecule has 0 aliphatic carbocycles. The Bertz CT molecular complexity index is 1650. The second-order valence-corrected chi connectivity index (χ2v) is 10.8. The lowest BCUT2D eigenvalue weighted by Gasteiger charge is -2.12. The van der Waals surface area contributed by atoms with Gasteiger partial charge in [-0.15, -0.1) is 11.3 Å². The number of benzene rings is 3. The molecular weight excluding hydrogens is 559 g/mol. The zero-order valence-corrected chi connectivity index (χ0v) is 23.3. The highest BCUT2D eigenvalue weighted by atomic mass is 32.2. The Kier molecular flexibility index (Phi) is 8.70. The molecule has 0 spiro atoms. The zero-order valence-electron chi connectivity index (χ0n) is 21.7. The van der Waals surface area contributed by atoms with E-state index in [1.165, 1.54) is 50.6 Å². The molecule has 4 aromatic rings. The number of rotatable bonds is 10. The van der Waals surface area contributed by atoms with E-state index in [0.717, 1.165) is 23.5 Å². The van der Waals surface area contributed by atoms with Crippen molar-refractivity contribution < 1.29 is 36.6 Å². The smallest absolute Gasteiger partial charge is 0.341 e. The van der Waals surface area contributed by atoms with Crippen LogP contribution in [0, 0.1) is 5.82 Å². The molecule has 9 nitrogen and oxygen atoms in total. The van der Waals surface area contributed by atoms with Gasteiger partial charge in [-0.3, -0.25) is 9.52 Å². The van der Waals surface area contributed by atoms with E-state index in [9.17, 15) is 22.4 Å². The van der Waals surface area contributed by atoms with E-state index in [4.69, 9.17) is 14.2 Å². The summed E-state index contributed by atoms with van der Waals surface area (Å²) in [6, 6.07) is 15.4. The van der Waals surface area contributed by atoms with Crippen molar-refractivity contribution in [2.75, 3.05) is 30.9 Å². The van der Waals surface area contributed by atoms with Crippen LogP contribution in [0.15, 0.2) is 77.0 Å². The quantitative estimate of drug-likeness (QED) is 0.226. The van der Waals surface area contributed by atoms with Crippen LogP contribution < -0.4 is 19.5 Å². The Morgan fingerprint density at radius 3 is 2.35 bits per heavy atom. The van der Waals surface area contributed by atoms with Crippen molar-refractivity contribution in [3.05, 3.63) is 89.1 Å². The standard InChI is InChI=1S/C28H25FN2O7S2/c1-4-38-28(33)25-22(17-8-13-23(36-2)24(15-17)37-3)16-39-27(25)30-26(32)18-6-5-7-21(14-18)40(34,35)31-20-11-9-19(29)10-12-20/h5-16,31H,4H2,1-3H3,(H,30,32). The van der Waals surface area contributed by atoms with E-state index in [1.54, 1.807) is 30.5 Å². The summed E-state index contributed by atoms with van der Waals surface area (Å²) in [4.78, 5) is 26.0. The van der Waals surface area contributed by atoms with Crippen molar-refractivity contribution in [2.24, 2.45) is 0 Å². The van der Waals surface area contributed by atoms with Gasteiger partial charge in [0.25, 0.3) is 15.9 Å². The molecule has 208 valence electrons. The van der Waals surface area contributed by atoms with Crippen molar-refractivity contribution in [1.82, 2.24) is 0 Å². The SMILES string of the molecule is CCOC(=O)c1c(-c2ccc(OC)c(OC)c2)csc1NC(=O)c1cccc(S(=O)(=O)Nc2ccc(F)cc2)c1. The molecule has 0 radical (unpaired) electrons. The van der Waals surface area contributed by atoms with Gasteiger partial charge in [0.1, 0.15) is 16.4 Å². The topological polar surface area (TPSA) is 120 Å². The van der Waals surface area contributed by atoms with E-state index in [1.807, 2.05) is 0 Å². The number of halogens is 1. The number of carbonyl (C=O) groups excluding carboxylic acids is 2. The van der Waals surface area contributed by atoms with Crippen molar-refractivity contribution in [3.63, 3.8) is 0 Å². The number of ether oxygens (including phenoxy) is 3. The Morgan fingerprint density at radius 2 is 1.68 bits per heavy atom. The van der Waals surface area contributed by atoms with Crippen molar-refractivity contribution >= 4 is 43.9 Å². The summed E-state index contributed by atoms with van der Waals surface area (Å²) < 4.78 is 57.2. The molecule has 0 aliphatic rings. The summed E-state index contributed by atoms with van der Waals surface area (Å²) in [6.07, 6.45) is 0. The molecule has 0 saturated heterocycles. The fourth-order valence-corrected chi connectivity index (χ4v) is 5.84. The minimum Gasteiger partial charge on any atom is -0.493 e. The third kappa shape index (κ3) is 6.24. The first-order chi connectivity index (χ1) is 19.2. The summed E-state index contributed by atoms with van der Waals surface area (Å²) in [5.41, 5.74) is 1.50. The molecule has 3 aromatic carbocycles. The van der Waals surface area contributed by atoms with E-state index in [-0.39, 0.29) is 33.3 Å². The lowest BCUT2D eigenvalue weighted by molar-refractivity contribution is 0.0529. The summed E-state index contributed by atoms with van der Waals surface area (Å²) in [6.45, 7) is 1.79. The van der Waals surface area contributed by atoms with Gasteiger partial charge >= 0.3 is 5.97 Å². The average molecular weight is 585 g/mol. The minimum absolute atomic E-state index is 0.0397. The molecule has 0 unspecified atom stereocenters. The zero-order chi connectivity index (χ0) is 28.9. The average Bonchev–Trinajstić information content (AvgIpc) is 3.37. The lowest BCUT2D eigenvalue weighted by atomic mass is 10.0. The summed E-state index contributed by atoms with van der Waals surface area (Å²) in [7, 11) is -1.06. The van der Waals surface area contributed by atoms with Crippen molar-refractivity contribution in [1.29, 1.82) is 0 Å². The number of anilines is 2. The Hall–Kier alpha value is -4.42.